The zero-order valence-electron chi connectivity index (χ0n) is 15.6. The largest absolute Gasteiger partial charge is 0.465 e. The minimum atomic E-state index is -0.440. The first-order chi connectivity index (χ1) is 13.6. The van der Waals surface area contributed by atoms with Gasteiger partial charge in [0, 0.05) is 24.9 Å². The number of benzene rings is 2. The van der Waals surface area contributed by atoms with Gasteiger partial charge in [0.25, 0.3) is 0 Å². The Morgan fingerprint density at radius 3 is 2.43 bits per heavy atom. The number of amides is 2. The fourth-order valence-corrected chi connectivity index (χ4v) is 2.85. The number of ether oxygens (including phenoxy) is 1. The van der Waals surface area contributed by atoms with Crippen molar-refractivity contribution in [2.45, 2.75) is 19.3 Å². The molecule has 7 nitrogen and oxygen atoms in total. The highest BCUT2D eigenvalue weighted by Gasteiger charge is 2.21. The molecule has 28 heavy (non-hydrogen) atoms. The number of hydrogen-bond donors (Lipinski definition) is 1. The molecule has 2 aromatic carbocycles. The maximum atomic E-state index is 12.3. The molecular formula is C21H21N3O4. The van der Waals surface area contributed by atoms with Crippen molar-refractivity contribution in [3.05, 3.63) is 65.7 Å². The molecule has 1 N–H and O–H groups in total. The van der Waals surface area contributed by atoms with Crippen LogP contribution >= 0.6 is 0 Å². The quantitative estimate of drug-likeness (QED) is 0.782. The minimum absolute atomic E-state index is 0.0598. The molecule has 0 radical (unpaired) electrons. The lowest BCUT2D eigenvalue weighted by molar-refractivity contribution is -0.132. The molecule has 2 amide bonds. The third-order valence-corrected chi connectivity index (χ3v) is 4.35. The van der Waals surface area contributed by atoms with Gasteiger partial charge in [-0.15, -0.1) is 0 Å². The van der Waals surface area contributed by atoms with Crippen molar-refractivity contribution in [1.29, 1.82) is 0 Å². The number of nitrogens with one attached hydrogen (secondary N) is 1. The van der Waals surface area contributed by atoms with Crippen molar-refractivity contribution < 1.29 is 19.1 Å². The lowest BCUT2D eigenvalue weighted by Gasteiger charge is -2.11. The summed E-state index contributed by atoms with van der Waals surface area (Å²) in [6.45, 7) is 0.527. The zero-order valence-corrected chi connectivity index (χ0v) is 15.6. The monoisotopic (exact) mass is 379 g/mol. The van der Waals surface area contributed by atoms with Gasteiger partial charge in [-0.25, -0.2) is 9.80 Å². The molecule has 1 heterocycles. The Labute approximate surface area is 163 Å². The smallest absolute Gasteiger partial charge is 0.337 e. The predicted molar refractivity (Wildman–Crippen MR) is 105 cm³/mol. The summed E-state index contributed by atoms with van der Waals surface area (Å²) in [5, 5.41) is 8.52. The van der Waals surface area contributed by atoms with Crippen molar-refractivity contribution in [1.82, 2.24) is 5.01 Å². The number of rotatable bonds is 6. The van der Waals surface area contributed by atoms with Gasteiger partial charge >= 0.3 is 5.97 Å². The number of esters is 1. The van der Waals surface area contributed by atoms with E-state index in [1.54, 1.807) is 24.3 Å². The Morgan fingerprint density at radius 2 is 1.75 bits per heavy atom. The van der Waals surface area contributed by atoms with Gasteiger partial charge in [-0.2, -0.15) is 5.10 Å². The maximum absolute atomic E-state index is 12.3. The molecule has 3 rings (SSSR count). The van der Waals surface area contributed by atoms with E-state index in [2.05, 4.69) is 15.2 Å². The van der Waals surface area contributed by atoms with Crippen LogP contribution in [0.15, 0.2) is 59.7 Å². The Hall–Kier alpha value is -3.48. The van der Waals surface area contributed by atoms with E-state index in [4.69, 9.17) is 0 Å². The summed E-state index contributed by atoms with van der Waals surface area (Å²) in [5.74, 6) is -0.891. The van der Waals surface area contributed by atoms with Crippen LogP contribution < -0.4 is 5.32 Å². The van der Waals surface area contributed by atoms with E-state index >= 15 is 0 Å². The van der Waals surface area contributed by atoms with Crippen LogP contribution in [0, 0.1) is 0 Å². The van der Waals surface area contributed by atoms with E-state index in [-0.39, 0.29) is 24.7 Å². The summed E-state index contributed by atoms with van der Waals surface area (Å²) < 4.78 is 4.63. The lowest BCUT2D eigenvalue weighted by Crippen LogP contribution is -2.25. The normalized spacial score (nSPS) is 13.0. The van der Waals surface area contributed by atoms with Gasteiger partial charge in [0.2, 0.25) is 11.8 Å². The van der Waals surface area contributed by atoms with Crippen LogP contribution in [0.5, 0.6) is 0 Å². The van der Waals surface area contributed by atoms with Gasteiger partial charge in [0.05, 0.1) is 24.9 Å². The third-order valence-electron chi connectivity index (χ3n) is 4.35. The molecule has 1 aliphatic heterocycles. The topological polar surface area (TPSA) is 88.1 Å². The number of hydrazone groups is 1. The summed E-state index contributed by atoms with van der Waals surface area (Å²) in [6.07, 6.45) is 0.844. The molecule has 0 aromatic heterocycles. The second-order valence-electron chi connectivity index (χ2n) is 6.30. The second-order valence-corrected chi connectivity index (χ2v) is 6.30. The number of hydrogen-bond acceptors (Lipinski definition) is 5. The van der Waals surface area contributed by atoms with Gasteiger partial charge in [0.1, 0.15) is 0 Å². The molecular weight excluding hydrogens is 358 g/mol. The summed E-state index contributed by atoms with van der Waals surface area (Å²) in [4.78, 5) is 35.8. The Bertz CT molecular complexity index is 892. The van der Waals surface area contributed by atoms with E-state index in [0.29, 0.717) is 24.2 Å². The molecule has 0 atom stereocenters. The number of anilines is 1. The molecule has 7 heteroatoms. The molecule has 1 aliphatic rings. The van der Waals surface area contributed by atoms with Crippen LogP contribution in [0.4, 0.5) is 5.69 Å². The van der Waals surface area contributed by atoms with Gasteiger partial charge in [-0.05, 0) is 29.8 Å². The molecule has 0 saturated heterocycles. The molecule has 2 aromatic rings. The van der Waals surface area contributed by atoms with Crippen molar-refractivity contribution in [3.8, 4) is 0 Å². The van der Waals surface area contributed by atoms with Crippen molar-refractivity contribution >= 4 is 29.2 Å². The van der Waals surface area contributed by atoms with Crippen LogP contribution in [-0.2, 0) is 14.3 Å². The van der Waals surface area contributed by atoms with Crippen molar-refractivity contribution in [2.75, 3.05) is 19.0 Å². The summed E-state index contributed by atoms with van der Waals surface area (Å²) in [6, 6.07) is 16.1. The highest BCUT2D eigenvalue weighted by Crippen LogP contribution is 2.15. The third kappa shape index (κ3) is 4.82. The first-order valence-corrected chi connectivity index (χ1v) is 8.98. The number of carbonyl (C=O) groups is 3. The second kappa shape index (κ2) is 8.94. The number of methoxy groups -OCH3 is 1. The molecule has 0 saturated carbocycles. The molecule has 0 fully saturated rings. The predicted octanol–water partition coefficient (Wildman–Crippen LogP) is 2.83. The first kappa shape index (κ1) is 19.3. The van der Waals surface area contributed by atoms with Crippen LogP contribution in [0.25, 0.3) is 0 Å². The fourth-order valence-electron chi connectivity index (χ4n) is 2.85. The minimum Gasteiger partial charge on any atom is -0.465 e. The van der Waals surface area contributed by atoms with Crippen molar-refractivity contribution in [2.24, 2.45) is 5.10 Å². The van der Waals surface area contributed by atoms with Crippen LogP contribution in [0.2, 0.25) is 0 Å². The van der Waals surface area contributed by atoms with Crippen LogP contribution in [0.1, 0.15) is 35.2 Å². The lowest BCUT2D eigenvalue weighted by atomic mass is 10.1. The van der Waals surface area contributed by atoms with E-state index in [9.17, 15) is 14.4 Å². The highest BCUT2D eigenvalue weighted by molar-refractivity contribution is 6.03. The SMILES string of the molecule is COC(=O)c1ccc(NC(=O)CCC(=O)N2CCC(c3ccccc3)=N2)cc1. The van der Waals surface area contributed by atoms with Crippen molar-refractivity contribution in [3.63, 3.8) is 0 Å². The molecule has 0 aliphatic carbocycles. The summed E-state index contributed by atoms with van der Waals surface area (Å²) in [5.41, 5.74) is 2.84. The van der Waals surface area contributed by atoms with E-state index in [1.165, 1.54) is 12.1 Å². The zero-order chi connectivity index (χ0) is 19.9. The van der Waals surface area contributed by atoms with E-state index in [1.807, 2.05) is 30.3 Å². The van der Waals surface area contributed by atoms with Gasteiger partial charge in [-0.1, -0.05) is 30.3 Å². The van der Waals surface area contributed by atoms with E-state index in [0.717, 1.165) is 11.3 Å². The van der Waals surface area contributed by atoms with Gasteiger partial charge < -0.3 is 10.1 Å². The fraction of sp³-hybridized carbons (Fsp3) is 0.238. The van der Waals surface area contributed by atoms with Crippen LogP contribution in [0.3, 0.4) is 0 Å². The van der Waals surface area contributed by atoms with Gasteiger partial charge in [0.15, 0.2) is 0 Å². The molecule has 0 spiro atoms. The average molecular weight is 379 g/mol. The summed E-state index contributed by atoms with van der Waals surface area (Å²) in [7, 11) is 1.31. The molecule has 0 unspecified atom stereocenters. The Balaban J connectivity index is 1.49. The summed E-state index contributed by atoms with van der Waals surface area (Å²) >= 11 is 0. The average Bonchev–Trinajstić information content (AvgIpc) is 3.23. The number of nitrogens with zero attached hydrogens (tertiary/aromatic N) is 2. The highest BCUT2D eigenvalue weighted by atomic mass is 16.5. The molecule has 0 bridgehead atoms. The first-order valence-electron chi connectivity index (χ1n) is 8.98. The standard InChI is InChI=1S/C21H21N3O4/c1-28-21(27)16-7-9-17(10-8-16)22-19(25)11-12-20(26)24-14-13-18(23-24)15-5-3-2-4-6-15/h2-10H,11-14H2,1H3,(H,22,25). The maximum Gasteiger partial charge on any atom is 0.337 e. The Morgan fingerprint density at radius 1 is 1.04 bits per heavy atom. The van der Waals surface area contributed by atoms with Gasteiger partial charge in [-0.3, -0.25) is 9.59 Å². The number of carbonyl (C=O) groups excluding carboxylic acids is 3. The Kier molecular flexibility index (Phi) is 6.16. The van der Waals surface area contributed by atoms with Crippen LogP contribution in [-0.4, -0.2) is 42.2 Å². The van der Waals surface area contributed by atoms with E-state index < -0.39 is 5.97 Å². The molecule has 144 valence electrons.